The summed E-state index contributed by atoms with van der Waals surface area (Å²) in [6, 6.07) is 3.80. The smallest absolute Gasteiger partial charge is 0.230 e. The van der Waals surface area contributed by atoms with Crippen molar-refractivity contribution in [1.82, 2.24) is 14.8 Å². The third kappa shape index (κ3) is 2.60. The molecule has 0 aliphatic heterocycles. The Labute approximate surface area is 126 Å². The molecule has 106 valence electrons. The molecule has 5 nitrogen and oxygen atoms in total. The Morgan fingerprint density at radius 1 is 1.45 bits per heavy atom. The van der Waals surface area contributed by atoms with E-state index in [2.05, 4.69) is 26.0 Å². The zero-order valence-electron chi connectivity index (χ0n) is 12.0. The topological polar surface area (TPSA) is 51.0 Å². The molecule has 0 saturated carbocycles. The van der Waals surface area contributed by atoms with Crippen LogP contribution in [-0.4, -0.2) is 27.7 Å². The predicted octanol–water partition coefficient (Wildman–Crippen LogP) is 2.86. The number of aryl methyl sites for hydroxylation is 1. The number of hydrogen-bond acceptors (Lipinski definition) is 3. The Hall–Kier alpha value is -1.69. The molecule has 0 aliphatic rings. The van der Waals surface area contributed by atoms with Gasteiger partial charge in [0.15, 0.2) is 0 Å². The minimum absolute atomic E-state index is 0.0476. The van der Waals surface area contributed by atoms with Crippen molar-refractivity contribution < 1.29 is 4.79 Å². The molecule has 0 aliphatic carbocycles. The average Bonchev–Trinajstić information content (AvgIpc) is 2.73. The van der Waals surface area contributed by atoms with E-state index in [-0.39, 0.29) is 11.8 Å². The Balaban J connectivity index is 2.47. The number of aromatic nitrogens is 3. The summed E-state index contributed by atoms with van der Waals surface area (Å²) in [5.41, 5.74) is 1.69. The van der Waals surface area contributed by atoms with Gasteiger partial charge in [0.2, 0.25) is 5.91 Å². The van der Waals surface area contributed by atoms with E-state index in [4.69, 9.17) is 0 Å². The highest BCUT2D eigenvalue weighted by Gasteiger charge is 2.23. The van der Waals surface area contributed by atoms with Crippen LogP contribution >= 0.6 is 15.9 Å². The number of carbonyl (C=O) groups excluding carboxylic acids is 1. The lowest BCUT2D eigenvalue weighted by molar-refractivity contribution is -0.121. The van der Waals surface area contributed by atoms with E-state index in [0.29, 0.717) is 0 Å². The van der Waals surface area contributed by atoms with Crippen LogP contribution in [0.15, 0.2) is 29.0 Å². The van der Waals surface area contributed by atoms with Crippen molar-refractivity contribution in [2.24, 2.45) is 13.0 Å². The van der Waals surface area contributed by atoms with Crippen LogP contribution in [-0.2, 0) is 11.8 Å². The molecule has 0 unspecified atom stereocenters. The molecule has 0 saturated heterocycles. The van der Waals surface area contributed by atoms with Gasteiger partial charge in [0, 0.05) is 38.0 Å². The standard InChI is InChI=1S/C14H17BrN4O/c1-9(2)14(20)18(3)13-11(15)12(17-19(13)4)10-6-5-7-16-8-10/h5-9H,1-4H3. The predicted molar refractivity (Wildman–Crippen MR) is 82.4 cm³/mol. The molecule has 2 aromatic rings. The fourth-order valence-corrected chi connectivity index (χ4v) is 2.86. The number of nitrogens with zero attached hydrogens (tertiary/aromatic N) is 4. The Morgan fingerprint density at radius 3 is 2.70 bits per heavy atom. The third-order valence-electron chi connectivity index (χ3n) is 3.04. The van der Waals surface area contributed by atoms with Crippen molar-refractivity contribution >= 4 is 27.7 Å². The molecule has 0 radical (unpaired) electrons. The van der Waals surface area contributed by atoms with E-state index in [1.54, 1.807) is 29.0 Å². The molecule has 2 rings (SSSR count). The summed E-state index contributed by atoms with van der Waals surface area (Å²) in [5.74, 6) is 0.720. The summed E-state index contributed by atoms with van der Waals surface area (Å²) in [5, 5.41) is 4.48. The Kier molecular flexibility index (Phi) is 4.23. The lowest BCUT2D eigenvalue weighted by Crippen LogP contribution is -2.32. The minimum atomic E-state index is -0.0661. The Morgan fingerprint density at radius 2 is 2.15 bits per heavy atom. The number of amides is 1. The molecular formula is C14H17BrN4O. The first-order valence-corrected chi connectivity index (χ1v) is 7.13. The maximum absolute atomic E-state index is 12.1. The van der Waals surface area contributed by atoms with Gasteiger partial charge in [-0.3, -0.25) is 19.4 Å². The summed E-state index contributed by atoms with van der Waals surface area (Å²) in [6.45, 7) is 3.76. The SMILES string of the molecule is CC(C)C(=O)N(C)c1c(Br)c(-c2cccnc2)nn1C. The summed E-state index contributed by atoms with van der Waals surface area (Å²) in [4.78, 5) is 17.9. The minimum Gasteiger partial charge on any atom is -0.299 e. The van der Waals surface area contributed by atoms with E-state index >= 15 is 0 Å². The molecule has 0 spiro atoms. The second-order valence-electron chi connectivity index (χ2n) is 4.90. The van der Waals surface area contributed by atoms with Gasteiger partial charge in [-0.05, 0) is 28.1 Å². The van der Waals surface area contributed by atoms with E-state index in [1.165, 1.54) is 0 Å². The van der Waals surface area contributed by atoms with Gasteiger partial charge in [0.1, 0.15) is 11.5 Å². The summed E-state index contributed by atoms with van der Waals surface area (Å²) in [6.07, 6.45) is 3.47. The molecule has 0 bridgehead atoms. The van der Waals surface area contributed by atoms with Crippen LogP contribution in [0.1, 0.15) is 13.8 Å². The first-order chi connectivity index (χ1) is 9.43. The van der Waals surface area contributed by atoms with Crippen LogP contribution in [0.3, 0.4) is 0 Å². The van der Waals surface area contributed by atoms with Crippen molar-refractivity contribution in [3.8, 4) is 11.3 Å². The molecule has 2 heterocycles. The molecule has 2 aromatic heterocycles. The highest BCUT2D eigenvalue weighted by atomic mass is 79.9. The lowest BCUT2D eigenvalue weighted by Gasteiger charge is -2.19. The summed E-state index contributed by atoms with van der Waals surface area (Å²) < 4.78 is 2.50. The molecule has 1 amide bonds. The van der Waals surface area contributed by atoms with Crippen molar-refractivity contribution in [1.29, 1.82) is 0 Å². The normalized spacial score (nSPS) is 10.9. The molecule has 6 heteroatoms. The van der Waals surface area contributed by atoms with Gasteiger partial charge in [-0.25, -0.2) is 0 Å². The quantitative estimate of drug-likeness (QED) is 0.865. The second kappa shape index (κ2) is 5.75. The third-order valence-corrected chi connectivity index (χ3v) is 3.77. The van der Waals surface area contributed by atoms with Crippen LogP contribution in [0.5, 0.6) is 0 Å². The monoisotopic (exact) mass is 336 g/mol. The largest absolute Gasteiger partial charge is 0.299 e. The molecule has 0 atom stereocenters. The van der Waals surface area contributed by atoms with Crippen molar-refractivity contribution in [2.75, 3.05) is 11.9 Å². The van der Waals surface area contributed by atoms with Gasteiger partial charge in [-0.1, -0.05) is 13.8 Å². The molecule has 0 aromatic carbocycles. The first kappa shape index (κ1) is 14.7. The number of carbonyl (C=O) groups is 1. The molecule has 0 fully saturated rings. The number of hydrogen-bond donors (Lipinski definition) is 0. The zero-order chi connectivity index (χ0) is 14.9. The van der Waals surface area contributed by atoms with Crippen LogP contribution in [0.25, 0.3) is 11.3 Å². The van der Waals surface area contributed by atoms with Crippen molar-refractivity contribution in [2.45, 2.75) is 13.8 Å². The zero-order valence-corrected chi connectivity index (χ0v) is 13.5. The van der Waals surface area contributed by atoms with Crippen LogP contribution in [0, 0.1) is 5.92 Å². The van der Waals surface area contributed by atoms with Gasteiger partial charge in [-0.2, -0.15) is 5.10 Å². The fraction of sp³-hybridized carbons (Fsp3) is 0.357. The Bertz CT molecular complexity index is 622. The van der Waals surface area contributed by atoms with Gasteiger partial charge < -0.3 is 0 Å². The summed E-state index contributed by atoms with van der Waals surface area (Å²) in [7, 11) is 3.58. The maximum atomic E-state index is 12.1. The van der Waals surface area contributed by atoms with Gasteiger partial charge in [0.05, 0.1) is 4.47 Å². The lowest BCUT2D eigenvalue weighted by atomic mass is 10.2. The van der Waals surface area contributed by atoms with Crippen LogP contribution in [0.2, 0.25) is 0 Å². The molecule has 0 N–H and O–H groups in total. The van der Waals surface area contributed by atoms with E-state index < -0.39 is 0 Å². The highest BCUT2D eigenvalue weighted by molar-refractivity contribution is 9.10. The van der Waals surface area contributed by atoms with Gasteiger partial charge in [-0.15, -0.1) is 0 Å². The van der Waals surface area contributed by atoms with Crippen molar-refractivity contribution in [3.05, 3.63) is 29.0 Å². The number of rotatable bonds is 3. The maximum Gasteiger partial charge on any atom is 0.230 e. The number of pyridine rings is 1. The van der Waals surface area contributed by atoms with Crippen LogP contribution < -0.4 is 4.90 Å². The highest BCUT2D eigenvalue weighted by Crippen LogP contribution is 2.35. The van der Waals surface area contributed by atoms with Gasteiger partial charge >= 0.3 is 0 Å². The summed E-state index contributed by atoms with van der Waals surface area (Å²) >= 11 is 3.55. The first-order valence-electron chi connectivity index (χ1n) is 6.34. The number of halogens is 1. The fourth-order valence-electron chi connectivity index (χ4n) is 2.03. The van der Waals surface area contributed by atoms with Crippen molar-refractivity contribution in [3.63, 3.8) is 0 Å². The number of anilines is 1. The van der Waals surface area contributed by atoms with E-state index in [9.17, 15) is 4.79 Å². The van der Waals surface area contributed by atoms with Gasteiger partial charge in [0.25, 0.3) is 0 Å². The average molecular weight is 337 g/mol. The molecular weight excluding hydrogens is 320 g/mol. The second-order valence-corrected chi connectivity index (χ2v) is 5.70. The van der Waals surface area contributed by atoms with E-state index in [0.717, 1.165) is 21.5 Å². The van der Waals surface area contributed by atoms with Crippen LogP contribution in [0.4, 0.5) is 5.82 Å². The van der Waals surface area contributed by atoms with E-state index in [1.807, 2.05) is 33.0 Å². The molecule has 20 heavy (non-hydrogen) atoms.